The van der Waals surface area contributed by atoms with Crippen LogP contribution in [0.5, 0.6) is 0 Å². The number of hydrogen-bond donors (Lipinski definition) is 1. The second-order valence-corrected chi connectivity index (χ2v) is 5.84. The van der Waals surface area contributed by atoms with E-state index in [1.807, 2.05) is 30.3 Å². The molecule has 0 radical (unpaired) electrons. The third kappa shape index (κ3) is 3.66. The molecule has 4 heteroatoms. The van der Waals surface area contributed by atoms with Gasteiger partial charge in [0.25, 0.3) is 0 Å². The van der Waals surface area contributed by atoms with E-state index in [-0.39, 0.29) is 6.04 Å². The quantitative estimate of drug-likeness (QED) is 0.824. The molecule has 0 aromatic heterocycles. The zero-order chi connectivity index (χ0) is 14.7. The molecule has 1 atom stereocenters. The first-order chi connectivity index (χ1) is 9.47. The molecule has 20 heavy (non-hydrogen) atoms. The highest BCUT2D eigenvalue weighted by Gasteiger charge is 2.13. The highest BCUT2D eigenvalue weighted by Crippen LogP contribution is 2.26. The third-order valence-electron chi connectivity index (χ3n) is 3.48. The summed E-state index contributed by atoms with van der Waals surface area (Å²) in [5, 5.41) is 1.44. The van der Waals surface area contributed by atoms with Crippen molar-refractivity contribution in [2.75, 3.05) is 12.8 Å². The molecule has 0 fully saturated rings. The Bertz CT molecular complexity index is 599. The van der Waals surface area contributed by atoms with Gasteiger partial charge in [0.1, 0.15) is 0 Å². The van der Waals surface area contributed by atoms with Gasteiger partial charge in [0, 0.05) is 28.3 Å². The summed E-state index contributed by atoms with van der Waals surface area (Å²) in [7, 11) is 2.06. The highest BCUT2D eigenvalue weighted by atomic mass is 35.5. The lowest BCUT2D eigenvalue weighted by Crippen LogP contribution is -2.22. The van der Waals surface area contributed by atoms with Crippen LogP contribution in [-0.2, 0) is 6.54 Å². The summed E-state index contributed by atoms with van der Waals surface area (Å²) in [6.45, 7) is 2.88. The molecule has 0 amide bonds. The standard InChI is InChI=1S/C16H18Cl2N2/c1-11(12-4-3-5-15(19)9-12)20(2)10-13-8-14(17)6-7-16(13)18/h3-9,11H,10,19H2,1-2H3. The van der Waals surface area contributed by atoms with E-state index in [1.54, 1.807) is 6.07 Å². The van der Waals surface area contributed by atoms with Gasteiger partial charge >= 0.3 is 0 Å². The van der Waals surface area contributed by atoms with Crippen LogP contribution in [0.25, 0.3) is 0 Å². The van der Waals surface area contributed by atoms with E-state index in [0.29, 0.717) is 5.02 Å². The van der Waals surface area contributed by atoms with Crippen molar-refractivity contribution in [3.05, 3.63) is 63.6 Å². The summed E-state index contributed by atoms with van der Waals surface area (Å²) in [5.41, 5.74) is 8.83. The van der Waals surface area contributed by atoms with Gasteiger partial charge < -0.3 is 5.73 Å². The SMILES string of the molecule is CC(c1cccc(N)c1)N(C)Cc1cc(Cl)ccc1Cl. The molecule has 0 saturated heterocycles. The molecule has 0 aliphatic rings. The van der Waals surface area contributed by atoms with Crippen LogP contribution in [0.15, 0.2) is 42.5 Å². The monoisotopic (exact) mass is 308 g/mol. The van der Waals surface area contributed by atoms with Crippen LogP contribution in [0.3, 0.4) is 0 Å². The first-order valence-corrected chi connectivity index (χ1v) is 7.22. The zero-order valence-corrected chi connectivity index (χ0v) is 13.1. The zero-order valence-electron chi connectivity index (χ0n) is 11.6. The number of benzene rings is 2. The molecule has 2 nitrogen and oxygen atoms in total. The van der Waals surface area contributed by atoms with Crippen molar-refractivity contribution >= 4 is 28.9 Å². The molecule has 1 unspecified atom stereocenters. The normalized spacial score (nSPS) is 12.7. The minimum atomic E-state index is 0.244. The van der Waals surface area contributed by atoms with Crippen LogP contribution < -0.4 is 5.73 Å². The Kier molecular flexibility index (Phi) is 4.92. The van der Waals surface area contributed by atoms with E-state index < -0.39 is 0 Å². The lowest BCUT2D eigenvalue weighted by Gasteiger charge is -2.25. The van der Waals surface area contributed by atoms with Crippen molar-refractivity contribution in [2.45, 2.75) is 19.5 Å². The molecule has 0 bridgehead atoms. The second-order valence-electron chi connectivity index (χ2n) is 5.00. The average Bonchev–Trinajstić information content (AvgIpc) is 2.42. The van der Waals surface area contributed by atoms with Crippen molar-refractivity contribution in [2.24, 2.45) is 0 Å². The predicted molar refractivity (Wildman–Crippen MR) is 87.2 cm³/mol. The summed E-state index contributed by atoms with van der Waals surface area (Å²) in [5.74, 6) is 0. The molecule has 106 valence electrons. The predicted octanol–water partition coefficient (Wildman–Crippen LogP) is 4.77. The molecule has 2 aromatic rings. The molecular weight excluding hydrogens is 291 g/mol. The summed E-state index contributed by atoms with van der Waals surface area (Å²) < 4.78 is 0. The lowest BCUT2D eigenvalue weighted by atomic mass is 10.1. The van der Waals surface area contributed by atoms with Gasteiger partial charge in [-0.2, -0.15) is 0 Å². The van der Waals surface area contributed by atoms with E-state index in [0.717, 1.165) is 22.8 Å². The molecule has 0 spiro atoms. The lowest BCUT2D eigenvalue weighted by molar-refractivity contribution is 0.253. The first kappa shape index (κ1) is 15.2. The highest BCUT2D eigenvalue weighted by molar-refractivity contribution is 6.33. The van der Waals surface area contributed by atoms with Gasteiger partial charge in [-0.25, -0.2) is 0 Å². The van der Waals surface area contributed by atoms with Crippen LogP contribution in [0, 0.1) is 0 Å². The Morgan fingerprint density at radius 3 is 2.60 bits per heavy atom. The summed E-state index contributed by atoms with van der Waals surface area (Å²) in [6, 6.07) is 13.7. The molecule has 2 aromatic carbocycles. The number of nitrogens with two attached hydrogens (primary N) is 1. The Hall–Kier alpha value is -1.22. The van der Waals surface area contributed by atoms with Crippen molar-refractivity contribution in [3.63, 3.8) is 0 Å². The Labute approximate surface area is 130 Å². The fraction of sp³-hybridized carbons (Fsp3) is 0.250. The number of halogens is 2. The van der Waals surface area contributed by atoms with Gasteiger partial charge in [-0.3, -0.25) is 4.90 Å². The van der Waals surface area contributed by atoms with E-state index in [2.05, 4.69) is 24.9 Å². The molecule has 0 heterocycles. The fourth-order valence-electron chi connectivity index (χ4n) is 2.14. The number of nitrogens with zero attached hydrogens (tertiary/aromatic N) is 1. The molecule has 2 N–H and O–H groups in total. The maximum absolute atomic E-state index is 6.21. The third-order valence-corrected chi connectivity index (χ3v) is 4.09. The molecular formula is C16H18Cl2N2. The molecule has 0 aliphatic heterocycles. The van der Waals surface area contributed by atoms with Gasteiger partial charge in [-0.1, -0.05) is 35.3 Å². The fourth-order valence-corrected chi connectivity index (χ4v) is 2.52. The molecule has 0 aliphatic carbocycles. The summed E-state index contributed by atoms with van der Waals surface area (Å²) >= 11 is 12.2. The maximum Gasteiger partial charge on any atom is 0.0452 e. The number of hydrogen-bond acceptors (Lipinski definition) is 2. The van der Waals surface area contributed by atoms with E-state index in [1.165, 1.54) is 5.56 Å². The number of nitrogen functional groups attached to an aromatic ring is 1. The van der Waals surface area contributed by atoms with Gasteiger partial charge in [-0.05, 0) is 55.4 Å². The Balaban J connectivity index is 2.15. The largest absolute Gasteiger partial charge is 0.399 e. The molecule has 2 rings (SSSR count). The van der Waals surface area contributed by atoms with E-state index in [4.69, 9.17) is 28.9 Å². The van der Waals surface area contributed by atoms with Crippen LogP contribution in [-0.4, -0.2) is 11.9 Å². The van der Waals surface area contributed by atoms with Crippen molar-refractivity contribution in [1.82, 2.24) is 4.90 Å². The first-order valence-electron chi connectivity index (χ1n) is 6.47. The minimum Gasteiger partial charge on any atom is -0.399 e. The average molecular weight is 309 g/mol. The summed E-state index contributed by atoms with van der Waals surface area (Å²) in [4.78, 5) is 2.21. The van der Waals surface area contributed by atoms with Gasteiger partial charge in [-0.15, -0.1) is 0 Å². The van der Waals surface area contributed by atoms with Crippen LogP contribution in [0.2, 0.25) is 10.0 Å². The molecule has 0 saturated carbocycles. The Morgan fingerprint density at radius 2 is 1.90 bits per heavy atom. The minimum absolute atomic E-state index is 0.244. The van der Waals surface area contributed by atoms with Gasteiger partial charge in [0.05, 0.1) is 0 Å². The number of anilines is 1. The van der Waals surface area contributed by atoms with Crippen LogP contribution >= 0.6 is 23.2 Å². The van der Waals surface area contributed by atoms with Gasteiger partial charge in [0.15, 0.2) is 0 Å². The van der Waals surface area contributed by atoms with E-state index >= 15 is 0 Å². The number of rotatable bonds is 4. The summed E-state index contributed by atoms with van der Waals surface area (Å²) in [6.07, 6.45) is 0. The topological polar surface area (TPSA) is 29.3 Å². The Morgan fingerprint density at radius 1 is 1.15 bits per heavy atom. The van der Waals surface area contributed by atoms with Crippen LogP contribution in [0.4, 0.5) is 5.69 Å². The van der Waals surface area contributed by atoms with E-state index in [9.17, 15) is 0 Å². The van der Waals surface area contributed by atoms with Crippen molar-refractivity contribution < 1.29 is 0 Å². The van der Waals surface area contributed by atoms with Gasteiger partial charge in [0.2, 0.25) is 0 Å². The van der Waals surface area contributed by atoms with Crippen molar-refractivity contribution in [3.8, 4) is 0 Å². The second kappa shape index (κ2) is 6.49. The smallest absolute Gasteiger partial charge is 0.0452 e. The maximum atomic E-state index is 6.21. The van der Waals surface area contributed by atoms with Crippen molar-refractivity contribution in [1.29, 1.82) is 0 Å². The van der Waals surface area contributed by atoms with Crippen LogP contribution in [0.1, 0.15) is 24.1 Å².